The summed E-state index contributed by atoms with van der Waals surface area (Å²) in [4.78, 5) is 0. The molecule has 1 fully saturated rings. The summed E-state index contributed by atoms with van der Waals surface area (Å²) >= 11 is 0. The molecule has 6 heteroatoms. The predicted octanol–water partition coefficient (Wildman–Crippen LogP) is 0.0732. The van der Waals surface area contributed by atoms with E-state index in [1.54, 1.807) is 18.2 Å². The van der Waals surface area contributed by atoms with Crippen LogP contribution in [0.15, 0.2) is 24.3 Å². The lowest BCUT2D eigenvalue weighted by molar-refractivity contribution is 0.165. The van der Waals surface area contributed by atoms with Gasteiger partial charge in [-0.25, -0.2) is 12.8 Å². The maximum Gasteiger partial charge on any atom is 0.154 e. The number of hydrogen-bond donors (Lipinski definition) is 2. The average Bonchev–Trinajstić information content (AvgIpc) is 2.51. The molecule has 0 bridgehead atoms. The topological polar surface area (TPSA) is 66.4 Å². The van der Waals surface area contributed by atoms with Crippen molar-refractivity contribution in [3.05, 3.63) is 35.6 Å². The quantitative estimate of drug-likeness (QED) is 0.806. The van der Waals surface area contributed by atoms with E-state index < -0.39 is 22.0 Å². The third kappa shape index (κ3) is 3.02. The lowest BCUT2D eigenvalue weighted by atomic mass is 10.1. The van der Waals surface area contributed by atoms with Crippen molar-refractivity contribution >= 4 is 9.84 Å². The van der Waals surface area contributed by atoms with Gasteiger partial charge in [-0.3, -0.25) is 0 Å². The summed E-state index contributed by atoms with van der Waals surface area (Å²) in [7, 11) is -3.17. The van der Waals surface area contributed by atoms with Gasteiger partial charge in [-0.2, -0.15) is 0 Å². The Kier molecular flexibility index (Phi) is 3.46. The molecule has 2 rings (SSSR count). The van der Waals surface area contributed by atoms with Crippen molar-refractivity contribution in [1.29, 1.82) is 0 Å². The van der Waals surface area contributed by atoms with Crippen molar-refractivity contribution in [2.75, 3.05) is 11.5 Å². The van der Waals surface area contributed by atoms with Crippen molar-refractivity contribution in [3.63, 3.8) is 0 Å². The maximum absolute atomic E-state index is 13.3. The van der Waals surface area contributed by atoms with Gasteiger partial charge in [0.05, 0.1) is 17.6 Å². The van der Waals surface area contributed by atoms with Gasteiger partial charge < -0.3 is 10.4 Å². The van der Waals surface area contributed by atoms with Crippen LogP contribution in [0.1, 0.15) is 5.56 Å². The van der Waals surface area contributed by atoms with Crippen LogP contribution in [0.2, 0.25) is 0 Å². The summed E-state index contributed by atoms with van der Waals surface area (Å²) in [5.74, 6) is -0.653. The summed E-state index contributed by atoms with van der Waals surface area (Å²) in [6.07, 6.45) is -0.910. The highest BCUT2D eigenvalue weighted by molar-refractivity contribution is 7.91. The molecule has 0 unspecified atom stereocenters. The van der Waals surface area contributed by atoms with E-state index in [1.165, 1.54) is 6.07 Å². The Labute approximate surface area is 99.4 Å². The van der Waals surface area contributed by atoms with Crippen LogP contribution in [0.5, 0.6) is 0 Å². The van der Waals surface area contributed by atoms with Gasteiger partial charge in [0.1, 0.15) is 5.82 Å². The molecule has 0 radical (unpaired) electrons. The molecule has 4 nitrogen and oxygen atoms in total. The fraction of sp³-hybridized carbons (Fsp3) is 0.455. The van der Waals surface area contributed by atoms with Gasteiger partial charge in [-0.05, 0) is 6.07 Å². The van der Waals surface area contributed by atoms with E-state index in [4.69, 9.17) is 0 Å². The Morgan fingerprint density at radius 3 is 2.65 bits per heavy atom. The van der Waals surface area contributed by atoms with E-state index in [-0.39, 0.29) is 23.9 Å². The molecule has 0 saturated carbocycles. The zero-order valence-corrected chi connectivity index (χ0v) is 9.95. The Hall–Kier alpha value is -0.980. The van der Waals surface area contributed by atoms with Crippen LogP contribution in [0.4, 0.5) is 4.39 Å². The number of benzene rings is 1. The monoisotopic (exact) mass is 259 g/mol. The van der Waals surface area contributed by atoms with Crippen LogP contribution >= 0.6 is 0 Å². The van der Waals surface area contributed by atoms with E-state index in [0.717, 1.165) is 0 Å². The summed E-state index contributed by atoms with van der Waals surface area (Å²) in [6, 6.07) is 5.76. The first-order valence-corrected chi connectivity index (χ1v) is 7.15. The normalized spacial score (nSPS) is 27.2. The van der Waals surface area contributed by atoms with Crippen LogP contribution in [-0.4, -0.2) is 37.2 Å². The summed E-state index contributed by atoms with van der Waals surface area (Å²) < 4.78 is 35.8. The summed E-state index contributed by atoms with van der Waals surface area (Å²) in [5.41, 5.74) is 0.462. The molecule has 2 N–H and O–H groups in total. The second-order valence-electron chi connectivity index (χ2n) is 4.22. The van der Waals surface area contributed by atoms with Crippen molar-refractivity contribution in [1.82, 2.24) is 5.32 Å². The Balaban J connectivity index is 1.98. The Morgan fingerprint density at radius 2 is 2.06 bits per heavy atom. The molecule has 0 aliphatic carbocycles. The van der Waals surface area contributed by atoms with Crippen LogP contribution < -0.4 is 5.32 Å². The molecule has 1 saturated heterocycles. The van der Waals surface area contributed by atoms with Gasteiger partial charge in [-0.1, -0.05) is 18.2 Å². The SMILES string of the molecule is O=S1(=O)C[C@H](NCc2ccccc2F)[C@@H](O)C1. The highest BCUT2D eigenvalue weighted by Gasteiger charge is 2.35. The second kappa shape index (κ2) is 4.72. The first-order valence-electron chi connectivity index (χ1n) is 5.33. The van der Waals surface area contributed by atoms with Crippen molar-refractivity contribution in [2.24, 2.45) is 0 Å². The van der Waals surface area contributed by atoms with E-state index >= 15 is 0 Å². The van der Waals surface area contributed by atoms with Crippen molar-refractivity contribution < 1.29 is 17.9 Å². The summed E-state index contributed by atoms with van der Waals surface area (Å²) in [6.45, 7) is 0.212. The smallest absolute Gasteiger partial charge is 0.154 e. The van der Waals surface area contributed by atoms with E-state index in [0.29, 0.717) is 5.56 Å². The van der Waals surface area contributed by atoms with E-state index in [9.17, 15) is 17.9 Å². The van der Waals surface area contributed by atoms with Gasteiger partial charge in [0.25, 0.3) is 0 Å². The fourth-order valence-corrected chi connectivity index (χ4v) is 3.68. The standard InChI is InChI=1S/C11H14FNO3S/c12-9-4-2-1-3-8(9)5-13-10-6-17(15,16)7-11(10)14/h1-4,10-11,13-14H,5-7H2/t10-,11-/m0/s1. The minimum atomic E-state index is -3.17. The third-order valence-electron chi connectivity index (χ3n) is 2.84. The Bertz CT molecular complexity index is 503. The van der Waals surface area contributed by atoms with E-state index in [1.807, 2.05) is 0 Å². The van der Waals surface area contributed by atoms with Gasteiger partial charge >= 0.3 is 0 Å². The van der Waals surface area contributed by atoms with E-state index in [2.05, 4.69) is 5.32 Å². The second-order valence-corrected chi connectivity index (χ2v) is 6.38. The van der Waals surface area contributed by atoms with Gasteiger partial charge in [0.15, 0.2) is 9.84 Å². The van der Waals surface area contributed by atoms with Crippen molar-refractivity contribution in [2.45, 2.75) is 18.7 Å². The molecule has 2 atom stereocenters. The van der Waals surface area contributed by atoms with Crippen LogP contribution in [0.25, 0.3) is 0 Å². The lowest BCUT2D eigenvalue weighted by Crippen LogP contribution is -2.38. The molecule has 94 valence electrons. The number of halogens is 1. The van der Waals surface area contributed by atoms with Crippen LogP contribution in [0, 0.1) is 5.82 Å². The van der Waals surface area contributed by atoms with Crippen LogP contribution in [0.3, 0.4) is 0 Å². The van der Waals surface area contributed by atoms with Crippen LogP contribution in [-0.2, 0) is 16.4 Å². The average molecular weight is 259 g/mol. The fourth-order valence-electron chi connectivity index (χ4n) is 1.91. The zero-order chi connectivity index (χ0) is 12.5. The molecular weight excluding hydrogens is 245 g/mol. The number of sulfone groups is 1. The minimum absolute atomic E-state index is 0.0946. The molecule has 1 aliphatic heterocycles. The first-order chi connectivity index (χ1) is 7.98. The first kappa shape index (κ1) is 12.5. The zero-order valence-electron chi connectivity index (χ0n) is 9.14. The largest absolute Gasteiger partial charge is 0.390 e. The third-order valence-corrected chi connectivity index (χ3v) is 4.55. The molecule has 1 aliphatic rings. The number of aliphatic hydroxyl groups excluding tert-OH is 1. The minimum Gasteiger partial charge on any atom is -0.390 e. The number of rotatable bonds is 3. The number of aliphatic hydroxyl groups is 1. The molecule has 0 spiro atoms. The molecule has 1 aromatic rings. The van der Waals surface area contributed by atoms with Gasteiger partial charge in [-0.15, -0.1) is 0 Å². The lowest BCUT2D eigenvalue weighted by Gasteiger charge is -2.14. The maximum atomic E-state index is 13.3. The molecular formula is C11H14FNO3S. The molecule has 1 aromatic carbocycles. The molecule has 17 heavy (non-hydrogen) atoms. The Morgan fingerprint density at radius 1 is 1.35 bits per heavy atom. The highest BCUT2D eigenvalue weighted by Crippen LogP contribution is 2.14. The van der Waals surface area contributed by atoms with Crippen molar-refractivity contribution in [3.8, 4) is 0 Å². The number of hydrogen-bond acceptors (Lipinski definition) is 4. The van der Waals surface area contributed by atoms with Gasteiger partial charge in [0.2, 0.25) is 0 Å². The number of nitrogens with one attached hydrogen (secondary N) is 1. The summed E-state index contributed by atoms with van der Waals surface area (Å²) in [5, 5.41) is 12.4. The molecule has 1 heterocycles. The molecule has 0 amide bonds. The highest BCUT2D eigenvalue weighted by atomic mass is 32.2. The molecule has 0 aromatic heterocycles. The van der Waals surface area contributed by atoms with Gasteiger partial charge in [0, 0.05) is 18.2 Å². The predicted molar refractivity (Wildman–Crippen MR) is 61.7 cm³/mol.